The summed E-state index contributed by atoms with van der Waals surface area (Å²) in [6, 6.07) is 3.96. The number of ether oxygens (including phenoxy) is 1. The topological polar surface area (TPSA) is 60.2 Å². The number of anilines is 1. The average Bonchev–Trinajstić information content (AvgIpc) is 2.29. The molecule has 1 heterocycles. The quantitative estimate of drug-likeness (QED) is 0.421. The molecule has 1 aromatic heterocycles. The molecule has 0 saturated heterocycles. The molecule has 1 rings (SSSR count). The number of thioether (sulfide) groups is 1. The van der Waals surface area contributed by atoms with Crippen LogP contribution in [-0.2, 0) is 10.5 Å². The van der Waals surface area contributed by atoms with E-state index in [1.54, 1.807) is 13.3 Å². The van der Waals surface area contributed by atoms with Gasteiger partial charge in [-0.25, -0.2) is 10.8 Å². The Morgan fingerprint density at radius 3 is 3.20 bits per heavy atom. The second-order valence-corrected chi connectivity index (χ2v) is 4.16. The van der Waals surface area contributed by atoms with Crippen LogP contribution in [0.2, 0.25) is 0 Å². The zero-order valence-corrected chi connectivity index (χ0v) is 9.72. The molecule has 0 radical (unpaired) electrons. The molecule has 0 amide bonds. The summed E-state index contributed by atoms with van der Waals surface area (Å²) < 4.78 is 4.98. The van der Waals surface area contributed by atoms with Crippen LogP contribution in [0.25, 0.3) is 0 Å². The van der Waals surface area contributed by atoms with Crippen LogP contribution in [0.1, 0.15) is 12.0 Å². The van der Waals surface area contributed by atoms with E-state index in [9.17, 15) is 0 Å². The third-order valence-electron chi connectivity index (χ3n) is 1.92. The smallest absolute Gasteiger partial charge is 0.143 e. The molecule has 0 aliphatic carbocycles. The average molecular weight is 227 g/mol. The Kier molecular flexibility index (Phi) is 6.15. The first-order valence-electron chi connectivity index (χ1n) is 4.85. The van der Waals surface area contributed by atoms with Crippen molar-refractivity contribution in [2.45, 2.75) is 12.2 Å². The van der Waals surface area contributed by atoms with E-state index in [0.29, 0.717) is 0 Å². The highest BCUT2D eigenvalue weighted by molar-refractivity contribution is 7.98. The van der Waals surface area contributed by atoms with Crippen LogP contribution in [0, 0.1) is 0 Å². The molecule has 0 unspecified atom stereocenters. The maximum atomic E-state index is 5.36. The monoisotopic (exact) mass is 227 g/mol. The molecule has 0 aliphatic rings. The number of aromatic nitrogens is 1. The van der Waals surface area contributed by atoms with Crippen LogP contribution in [0.5, 0.6) is 0 Å². The Hall–Kier alpha value is -0.780. The molecule has 0 saturated carbocycles. The maximum absolute atomic E-state index is 5.36. The van der Waals surface area contributed by atoms with Gasteiger partial charge in [-0.3, -0.25) is 0 Å². The lowest BCUT2D eigenvalue weighted by Crippen LogP contribution is -2.10. The van der Waals surface area contributed by atoms with Gasteiger partial charge in [-0.05, 0) is 18.2 Å². The Labute approximate surface area is 94.6 Å². The van der Waals surface area contributed by atoms with Crippen molar-refractivity contribution in [3.8, 4) is 0 Å². The van der Waals surface area contributed by atoms with Crippen molar-refractivity contribution >= 4 is 17.6 Å². The molecule has 0 aliphatic heterocycles. The molecule has 0 atom stereocenters. The van der Waals surface area contributed by atoms with Gasteiger partial charge < -0.3 is 10.2 Å². The van der Waals surface area contributed by atoms with Gasteiger partial charge in [0.05, 0.1) is 0 Å². The van der Waals surface area contributed by atoms with Crippen LogP contribution in [0.3, 0.4) is 0 Å². The number of pyridine rings is 1. The number of hydrogen-bond acceptors (Lipinski definition) is 5. The fourth-order valence-electron chi connectivity index (χ4n) is 1.17. The second kappa shape index (κ2) is 7.50. The molecule has 0 aromatic carbocycles. The third kappa shape index (κ3) is 4.51. The Morgan fingerprint density at radius 1 is 1.60 bits per heavy atom. The minimum Gasteiger partial charge on any atom is -0.385 e. The molecule has 0 spiro atoms. The van der Waals surface area contributed by atoms with E-state index in [4.69, 9.17) is 10.6 Å². The summed E-state index contributed by atoms with van der Waals surface area (Å²) in [7, 11) is 1.72. The van der Waals surface area contributed by atoms with Crippen LogP contribution in [0.15, 0.2) is 18.3 Å². The van der Waals surface area contributed by atoms with Crippen molar-refractivity contribution in [3.05, 3.63) is 23.9 Å². The van der Waals surface area contributed by atoms with Crippen molar-refractivity contribution < 1.29 is 4.74 Å². The SMILES string of the molecule is COCCCSCc1cccnc1NN. The van der Waals surface area contributed by atoms with E-state index in [1.807, 2.05) is 23.9 Å². The predicted octanol–water partition coefficient (Wildman–Crippen LogP) is 1.64. The first-order valence-corrected chi connectivity index (χ1v) is 6.01. The van der Waals surface area contributed by atoms with Gasteiger partial charge in [0, 0.05) is 31.2 Å². The number of hydrazine groups is 1. The molecular formula is C10H17N3OS. The van der Waals surface area contributed by atoms with E-state index in [2.05, 4.69) is 10.4 Å². The second-order valence-electron chi connectivity index (χ2n) is 3.05. The highest BCUT2D eigenvalue weighted by atomic mass is 32.2. The molecule has 0 bridgehead atoms. The number of nitrogens with one attached hydrogen (secondary N) is 1. The molecule has 0 fully saturated rings. The zero-order chi connectivity index (χ0) is 10.9. The highest BCUT2D eigenvalue weighted by Gasteiger charge is 2.00. The lowest BCUT2D eigenvalue weighted by atomic mass is 10.3. The largest absolute Gasteiger partial charge is 0.385 e. The first-order chi connectivity index (χ1) is 7.38. The summed E-state index contributed by atoms with van der Waals surface area (Å²) in [6.45, 7) is 0.821. The zero-order valence-electron chi connectivity index (χ0n) is 8.90. The van der Waals surface area contributed by atoms with Crippen molar-refractivity contribution in [3.63, 3.8) is 0 Å². The number of methoxy groups -OCH3 is 1. The molecule has 84 valence electrons. The highest BCUT2D eigenvalue weighted by Crippen LogP contribution is 2.18. The number of hydrogen-bond donors (Lipinski definition) is 2. The number of rotatable bonds is 7. The van der Waals surface area contributed by atoms with Gasteiger partial charge in [-0.2, -0.15) is 11.8 Å². The first kappa shape index (κ1) is 12.3. The molecular weight excluding hydrogens is 210 g/mol. The van der Waals surface area contributed by atoms with Crippen molar-refractivity contribution in [1.29, 1.82) is 0 Å². The van der Waals surface area contributed by atoms with Crippen LogP contribution < -0.4 is 11.3 Å². The van der Waals surface area contributed by atoms with Crippen LogP contribution >= 0.6 is 11.8 Å². The number of nitrogens with zero attached hydrogens (tertiary/aromatic N) is 1. The fraction of sp³-hybridized carbons (Fsp3) is 0.500. The maximum Gasteiger partial charge on any atom is 0.143 e. The van der Waals surface area contributed by atoms with Crippen molar-refractivity contribution in [1.82, 2.24) is 4.98 Å². The number of nitrogens with two attached hydrogens (primary N) is 1. The summed E-state index contributed by atoms with van der Waals surface area (Å²) in [5.41, 5.74) is 3.74. The third-order valence-corrected chi connectivity index (χ3v) is 3.02. The summed E-state index contributed by atoms with van der Waals surface area (Å²) in [5, 5.41) is 0. The van der Waals surface area contributed by atoms with E-state index >= 15 is 0 Å². The normalized spacial score (nSPS) is 10.3. The van der Waals surface area contributed by atoms with Crippen LogP contribution in [0.4, 0.5) is 5.82 Å². The Balaban J connectivity index is 2.30. The molecule has 3 N–H and O–H groups in total. The molecule has 4 nitrogen and oxygen atoms in total. The summed E-state index contributed by atoms with van der Waals surface area (Å²) in [6.07, 6.45) is 2.81. The minimum atomic E-state index is 0.761. The van der Waals surface area contributed by atoms with E-state index < -0.39 is 0 Å². The Morgan fingerprint density at radius 2 is 2.47 bits per heavy atom. The van der Waals surface area contributed by atoms with E-state index in [1.165, 1.54) is 0 Å². The van der Waals surface area contributed by atoms with Gasteiger partial charge in [0.25, 0.3) is 0 Å². The fourth-order valence-corrected chi connectivity index (χ4v) is 2.09. The molecule has 15 heavy (non-hydrogen) atoms. The minimum absolute atomic E-state index is 0.761. The predicted molar refractivity (Wildman–Crippen MR) is 64.7 cm³/mol. The number of nitrogen functional groups attached to an aromatic ring is 1. The van der Waals surface area contributed by atoms with E-state index in [0.717, 1.165) is 35.9 Å². The molecule has 1 aromatic rings. The van der Waals surface area contributed by atoms with Crippen LogP contribution in [-0.4, -0.2) is 24.5 Å². The van der Waals surface area contributed by atoms with Crippen molar-refractivity contribution in [2.75, 3.05) is 24.9 Å². The summed E-state index contributed by atoms with van der Waals surface area (Å²) in [4.78, 5) is 4.14. The Bertz CT molecular complexity index is 283. The lowest BCUT2D eigenvalue weighted by molar-refractivity contribution is 0.200. The molecule has 5 heteroatoms. The van der Waals surface area contributed by atoms with Gasteiger partial charge in [-0.15, -0.1) is 0 Å². The van der Waals surface area contributed by atoms with Gasteiger partial charge in [0.1, 0.15) is 5.82 Å². The van der Waals surface area contributed by atoms with E-state index in [-0.39, 0.29) is 0 Å². The van der Waals surface area contributed by atoms with Crippen molar-refractivity contribution in [2.24, 2.45) is 5.84 Å². The van der Waals surface area contributed by atoms with Gasteiger partial charge in [0.2, 0.25) is 0 Å². The van der Waals surface area contributed by atoms with Gasteiger partial charge >= 0.3 is 0 Å². The standard InChI is InChI=1S/C10H17N3OS/c1-14-6-3-7-15-8-9-4-2-5-12-10(9)13-11/h2,4-5H,3,6-8,11H2,1H3,(H,12,13). The summed E-state index contributed by atoms with van der Waals surface area (Å²) >= 11 is 1.86. The van der Waals surface area contributed by atoms with Gasteiger partial charge in [-0.1, -0.05) is 6.07 Å². The summed E-state index contributed by atoms with van der Waals surface area (Å²) in [5.74, 6) is 8.14. The van der Waals surface area contributed by atoms with Gasteiger partial charge in [0.15, 0.2) is 0 Å². The lowest BCUT2D eigenvalue weighted by Gasteiger charge is -2.06.